The van der Waals surface area contributed by atoms with E-state index in [9.17, 15) is 4.79 Å². The Morgan fingerprint density at radius 1 is 1.14 bits per heavy atom. The summed E-state index contributed by atoms with van der Waals surface area (Å²) in [7, 11) is 0. The van der Waals surface area contributed by atoms with E-state index in [-0.39, 0.29) is 15.5 Å². The molecular formula is C21H21Cl2N3OS. The normalized spacial score (nSPS) is 22.7. The highest BCUT2D eigenvalue weighted by molar-refractivity contribution is 7.22. The summed E-state index contributed by atoms with van der Waals surface area (Å²) in [6.07, 6.45) is 2.56. The van der Waals surface area contributed by atoms with Crippen molar-refractivity contribution >= 4 is 50.4 Å². The van der Waals surface area contributed by atoms with Gasteiger partial charge in [-0.25, -0.2) is 4.98 Å². The number of hydrogen-bond donors (Lipinski definition) is 0. The van der Waals surface area contributed by atoms with Gasteiger partial charge in [-0.1, -0.05) is 23.2 Å². The number of fused-ring (bicyclic) bond motifs is 4. The van der Waals surface area contributed by atoms with E-state index < -0.39 is 0 Å². The smallest absolute Gasteiger partial charge is 0.217 e. The van der Waals surface area contributed by atoms with Gasteiger partial charge >= 0.3 is 0 Å². The SMILES string of the molecule is CC(C)N1C2CCC1CN(c1ccc3nc4cc(Cl)c(=O)c(Cl)c-4sc3c1)C2. The van der Waals surface area contributed by atoms with Gasteiger partial charge in [0, 0.05) is 36.9 Å². The molecule has 3 heterocycles. The molecule has 1 aromatic carbocycles. The van der Waals surface area contributed by atoms with E-state index in [0.29, 0.717) is 28.7 Å². The number of rotatable bonds is 2. The van der Waals surface area contributed by atoms with Gasteiger partial charge in [-0.2, -0.15) is 0 Å². The highest BCUT2D eigenvalue weighted by Gasteiger charge is 2.41. The van der Waals surface area contributed by atoms with Crippen LogP contribution in [0.1, 0.15) is 26.7 Å². The highest BCUT2D eigenvalue weighted by Crippen LogP contribution is 2.39. The Labute approximate surface area is 178 Å². The lowest BCUT2D eigenvalue weighted by molar-refractivity contribution is 0.129. The minimum Gasteiger partial charge on any atom is -0.368 e. The molecule has 0 radical (unpaired) electrons. The van der Waals surface area contributed by atoms with E-state index in [1.54, 1.807) is 6.07 Å². The molecule has 146 valence electrons. The fraction of sp³-hybridized carbons (Fsp3) is 0.429. The maximum atomic E-state index is 12.1. The van der Waals surface area contributed by atoms with Crippen LogP contribution >= 0.6 is 34.5 Å². The summed E-state index contributed by atoms with van der Waals surface area (Å²) in [5.41, 5.74) is 2.46. The third kappa shape index (κ3) is 2.91. The van der Waals surface area contributed by atoms with Crippen molar-refractivity contribution in [2.24, 2.45) is 0 Å². The van der Waals surface area contributed by atoms with Crippen LogP contribution in [0.3, 0.4) is 0 Å². The number of aromatic nitrogens is 1. The van der Waals surface area contributed by atoms with Crippen molar-refractivity contribution in [2.75, 3.05) is 18.0 Å². The fourth-order valence-electron chi connectivity index (χ4n) is 4.85. The van der Waals surface area contributed by atoms with Gasteiger partial charge < -0.3 is 4.90 Å². The Bertz CT molecular complexity index is 1080. The molecule has 3 aliphatic heterocycles. The van der Waals surface area contributed by atoms with Gasteiger partial charge in [0.05, 0.1) is 25.8 Å². The second kappa shape index (κ2) is 6.84. The number of piperazine rings is 1. The van der Waals surface area contributed by atoms with E-state index >= 15 is 0 Å². The van der Waals surface area contributed by atoms with Crippen molar-refractivity contribution < 1.29 is 0 Å². The molecule has 0 N–H and O–H groups in total. The average Bonchev–Trinajstić information content (AvgIpc) is 2.95. The van der Waals surface area contributed by atoms with Crippen LogP contribution in [-0.2, 0) is 0 Å². The van der Waals surface area contributed by atoms with Crippen LogP contribution < -0.4 is 10.3 Å². The topological polar surface area (TPSA) is 36.4 Å². The monoisotopic (exact) mass is 433 g/mol. The van der Waals surface area contributed by atoms with Gasteiger partial charge in [0.1, 0.15) is 5.02 Å². The summed E-state index contributed by atoms with van der Waals surface area (Å²) < 4.78 is 1.03. The summed E-state index contributed by atoms with van der Waals surface area (Å²) in [6.45, 7) is 6.73. The van der Waals surface area contributed by atoms with Crippen LogP contribution in [0.15, 0.2) is 29.1 Å². The lowest BCUT2D eigenvalue weighted by Gasteiger charge is -2.44. The standard InChI is InChI=1S/C21H21Cl2N3OS/c1-11(2)26-13-3-4-14(26)10-25(9-13)12-5-6-16-18(7-12)28-21-17(24-16)8-15(22)20(27)19(21)23/h5-8,11,13-14H,3-4,9-10H2,1-2H3. The molecule has 2 fully saturated rings. The van der Waals surface area contributed by atoms with E-state index in [0.717, 1.165) is 23.3 Å². The maximum Gasteiger partial charge on any atom is 0.217 e. The molecule has 4 aliphatic rings. The molecule has 5 rings (SSSR count). The van der Waals surface area contributed by atoms with Crippen LogP contribution in [0.4, 0.5) is 5.69 Å². The molecule has 2 unspecified atom stereocenters. The number of halogens is 2. The van der Waals surface area contributed by atoms with E-state index in [4.69, 9.17) is 23.2 Å². The van der Waals surface area contributed by atoms with Crippen LogP contribution in [0, 0.1) is 0 Å². The molecule has 2 saturated heterocycles. The molecule has 0 amide bonds. The van der Waals surface area contributed by atoms with Gasteiger partial charge in [0.2, 0.25) is 5.43 Å². The molecule has 1 aliphatic carbocycles. The first-order chi connectivity index (χ1) is 13.4. The summed E-state index contributed by atoms with van der Waals surface area (Å²) in [6, 6.07) is 9.88. The Hall–Kier alpha value is -1.40. The summed E-state index contributed by atoms with van der Waals surface area (Å²) >= 11 is 13.8. The summed E-state index contributed by atoms with van der Waals surface area (Å²) in [5, 5.41) is 0.280. The third-order valence-electron chi connectivity index (χ3n) is 6.01. The molecule has 7 heteroatoms. The first kappa shape index (κ1) is 18.6. The lowest BCUT2D eigenvalue weighted by Crippen LogP contribution is -2.56. The summed E-state index contributed by atoms with van der Waals surface area (Å²) in [4.78, 5) is 22.7. The molecule has 2 atom stereocenters. The maximum absolute atomic E-state index is 12.1. The van der Waals surface area contributed by atoms with Crippen molar-refractivity contribution in [3.63, 3.8) is 0 Å². The Morgan fingerprint density at radius 2 is 1.86 bits per heavy atom. The zero-order valence-electron chi connectivity index (χ0n) is 15.8. The molecule has 2 bridgehead atoms. The highest BCUT2D eigenvalue weighted by atomic mass is 35.5. The van der Waals surface area contributed by atoms with Crippen molar-refractivity contribution in [2.45, 2.75) is 44.8 Å². The summed E-state index contributed by atoms with van der Waals surface area (Å²) in [5.74, 6) is 0. The van der Waals surface area contributed by atoms with Crippen molar-refractivity contribution in [3.05, 3.63) is 44.5 Å². The zero-order chi connectivity index (χ0) is 19.6. The Morgan fingerprint density at radius 3 is 2.54 bits per heavy atom. The molecular weight excluding hydrogens is 413 g/mol. The number of hydrogen-bond acceptors (Lipinski definition) is 5. The van der Waals surface area contributed by atoms with Gasteiger partial charge in [0.15, 0.2) is 0 Å². The first-order valence-corrected chi connectivity index (χ1v) is 11.2. The van der Waals surface area contributed by atoms with Gasteiger partial charge in [-0.05, 0) is 51.0 Å². The van der Waals surface area contributed by atoms with E-state index in [1.165, 1.54) is 29.9 Å². The molecule has 0 saturated carbocycles. The molecule has 1 aromatic rings. The second-order valence-corrected chi connectivity index (χ2v) is 9.88. The minimum absolute atomic E-state index is 0.117. The molecule has 0 spiro atoms. The van der Waals surface area contributed by atoms with E-state index in [2.05, 4.69) is 46.8 Å². The van der Waals surface area contributed by atoms with Crippen LogP contribution in [0.25, 0.3) is 20.8 Å². The quantitative estimate of drug-likeness (QED) is 0.524. The zero-order valence-corrected chi connectivity index (χ0v) is 18.1. The van der Waals surface area contributed by atoms with Crippen molar-refractivity contribution in [1.82, 2.24) is 9.88 Å². The van der Waals surface area contributed by atoms with E-state index in [1.807, 2.05) is 0 Å². The number of benzene rings is 2. The largest absolute Gasteiger partial charge is 0.368 e. The number of anilines is 1. The molecule has 28 heavy (non-hydrogen) atoms. The van der Waals surface area contributed by atoms with Gasteiger partial charge in [-0.15, -0.1) is 11.3 Å². The predicted molar refractivity (Wildman–Crippen MR) is 119 cm³/mol. The van der Waals surface area contributed by atoms with Crippen molar-refractivity contribution in [3.8, 4) is 10.6 Å². The van der Waals surface area contributed by atoms with Gasteiger partial charge in [0.25, 0.3) is 0 Å². The average molecular weight is 434 g/mol. The molecule has 0 aromatic heterocycles. The predicted octanol–water partition coefficient (Wildman–Crippen LogP) is 5.13. The number of nitrogens with zero attached hydrogens (tertiary/aromatic N) is 3. The van der Waals surface area contributed by atoms with Gasteiger partial charge in [-0.3, -0.25) is 9.69 Å². The second-order valence-electron chi connectivity index (χ2n) is 8.05. The van der Waals surface area contributed by atoms with Crippen LogP contribution in [0.5, 0.6) is 0 Å². The lowest BCUT2D eigenvalue weighted by atomic mass is 10.1. The third-order valence-corrected chi connectivity index (χ3v) is 7.93. The Balaban J connectivity index is 1.55. The molecule has 4 nitrogen and oxygen atoms in total. The van der Waals surface area contributed by atoms with Crippen LogP contribution in [0.2, 0.25) is 10.0 Å². The fourth-order valence-corrected chi connectivity index (χ4v) is 6.42. The minimum atomic E-state index is -0.328. The van der Waals surface area contributed by atoms with Crippen LogP contribution in [-0.4, -0.2) is 41.1 Å². The van der Waals surface area contributed by atoms with Crippen molar-refractivity contribution in [1.29, 1.82) is 0 Å². The first-order valence-electron chi connectivity index (χ1n) is 9.67. The Kier molecular flexibility index (Phi) is 4.55.